The summed E-state index contributed by atoms with van der Waals surface area (Å²) in [6.45, 7) is 1.44. The molecule has 0 saturated carbocycles. The summed E-state index contributed by atoms with van der Waals surface area (Å²) in [6, 6.07) is 4.18. The Hall–Kier alpha value is -1.31. The van der Waals surface area contributed by atoms with E-state index in [9.17, 15) is 8.42 Å². The third-order valence-electron chi connectivity index (χ3n) is 2.08. The topological polar surface area (TPSA) is 102 Å². The van der Waals surface area contributed by atoms with Crippen molar-refractivity contribution in [3.05, 3.63) is 18.2 Å². The lowest BCUT2D eigenvalue weighted by Crippen LogP contribution is -2.30. The van der Waals surface area contributed by atoms with Gasteiger partial charge in [-0.3, -0.25) is 0 Å². The number of methoxy groups -OCH3 is 1. The molecule has 0 aromatic heterocycles. The second-order valence-electron chi connectivity index (χ2n) is 3.60. The summed E-state index contributed by atoms with van der Waals surface area (Å²) >= 11 is 0. The average molecular weight is 260 g/mol. The predicted molar refractivity (Wildman–Crippen MR) is 64.3 cm³/mol. The molecule has 4 N–H and O–H groups in total. The summed E-state index contributed by atoms with van der Waals surface area (Å²) < 4.78 is 30.7. The molecule has 1 aromatic rings. The molecule has 1 aromatic carbocycles. The van der Waals surface area contributed by atoms with Crippen LogP contribution in [0.25, 0.3) is 0 Å². The van der Waals surface area contributed by atoms with Crippen molar-refractivity contribution in [2.75, 3.05) is 19.4 Å². The van der Waals surface area contributed by atoms with Crippen molar-refractivity contribution in [3.8, 4) is 5.75 Å². The maximum Gasteiger partial charge on any atom is 0.240 e. The molecule has 0 amide bonds. The van der Waals surface area contributed by atoms with Crippen molar-refractivity contribution < 1.29 is 18.3 Å². The molecule has 0 aliphatic heterocycles. The van der Waals surface area contributed by atoms with E-state index in [4.69, 9.17) is 15.6 Å². The first kappa shape index (κ1) is 13.8. The van der Waals surface area contributed by atoms with E-state index >= 15 is 0 Å². The maximum absolute atomic E-state index is 11.8. The molecule has 0 aliphatic carbocycles. The summed E-state index contributed by atoms with van der Waals surface area (Å²) in [6.07, 6.45) is -0.750. The highest BCUT2D eigenvalue weighted by molar-refractivity contribution is 7.89. The molecule has 0 unspecified atom stereocenters. The van der Waals surface area contributed by atoms with Gasteiger partial charge in [-0.25, -0.2) is 13.1 Å². The molecule has 0 fully saturated rings. The van der Waals surface area contributed by atoms with Crippen LogP contribution in [0.5, 0.6) is 5.75 Å². The first-order valence-corrected chi connectivity index (χ1v) is 6.46. The predicted octanol–water partition coefficient (Wildman–Crippen LogP) is -0.0635. The minimum absolute atomic E-state index is 0.0384. The minimum atomic E-state index is -3.65. The van der Waals surface area contributed by atoms with E-state index in [0.29, 0.717) is 5.75 Å². The van der Waals surface area contributed by atoms with Crippen molar-refractivity contribution in [3.63, 3.8) is 0 Å². The summed E-state index contributed by atoms with van der Waals surface area (Å²) in [7, 11) is -2.20. The van der Waals surface area contributed by atoms with Gasteiger partial charge in [0.25, 0.3) is 0 Å². The molecular weight excluding hydrogens is 244 g/mol. The van der Waals surface area contributed by atoms with Crippen molar-refractivity contribution in [1.29, 1.82) is 0 Å². The van der Waals surface area contributed by atoms with Crippen LogP contribution in [0, 0.1) is 0 Å². The number of nitrogens with two attached hydrogens (primary N) is 1. The molecule has 1 rings (SSSR count). The van der Waals surface area contributed by atoms with Gasteiger partial charge < -0.3 is 15.6 Å². The lowest BCUT2D eigenvalue weighted by atomic mass is 10.3. The Balaban J connectivity index is 2.96. The van der Waals surface area contributed by atoms with Crippen LogP contribution in [0.2, 0.25) is 0 Å². The Labute approximate surface area is 100 Å². The number of aliphatic hydroxyl groups is 1. The average Bonchev–Trinajstić information content (AvgIpc) is 2.26. The van der Waals surface area contributed by atoms with E-state index in [2.05, 4.69) is 4.72 Å². The third kappa shape index (κ3) is 3.58. The standard InChI is InChI=1S/C10H16N2O4S/c1-7(13)6-12-17(14,15)8-3-4-10(16-2)9(11)5-8/h3-5,7,12-13H,6,11H2,1-2H3/t7-/m0/s1. The second-order valence-corrected chi connectivity index (χ2v) is 5.37. The summed E-state index contributed by atoms with van der Waals surface area (Å²) in [4.78, 5) is 0.0384. The van der Waals surface area contributed by atoms with Gasteiger partial charge in [-0.1, -0.05) is 0 Å². The number of anilines is 1. The number of nitrogen functional groups attached to an aromatic ring is 1. The Morgan fingerprint density at radius 1 is 1.53 bits per heavy atom. The number of sulfonamides is 1. The van der Waals surface area contributed by atoms with Gasteiger partial charge in [-0.2, -0.15) is 0 Å². The van der Waals surface area contributed by atoms with Crippen LogP contribution in [0.1, 0.15) is 6.92 Å². The van der Waals surface area contributed by atoms with E-state index in [1.165, 1.54) is 32.2 Å². The number of aliphatic hydroxyl groups excluding tert-OH is 1. The number of hydrogen-bond acceptors (Lipinski definition) is 5. The van der Waals surface area contributed by atoms with Gasteiger partial charge in [0.15, 0.2) is 0 Å². The third-order valence-corrected chi connectivity index (χ3v) is 3.50. The van der Waals surface area contributed by atoms with Crippen LogP contribution in [-0.4, -0.2) is 33.3 Å². The van der Waals surface area contributed by atoms with Gasteiger partial charge >= 0.3 is 0 Å². The van der Waals surface area contributed by atoms with Crippen LogP contribution < -0.4 is 15.2 Å². The van der Waals surface area contributed by atoms with Crippen LogP contribution >= 0.6 is 0 Å². The van der Waals surface area contributed by atoms with Crippen LogP contribution in [0.15, 0.2) is 23.1 Å². The lowest BCUT2D eigenvalue weighted by molar-refractivity contribution is 0.198. The van der Waals surface area contributed by atoms with E-state index < -0.39 is 16.1 Å². The first-order chi connectivity index (χ1) is 7.86. The number of rotatable bonds is 5. The van der Waals surface area contributed by atoms with Crippen LogP contribution in [0.4, 0.5) is 5.69 Å². The van der Waals surface area contributed by atoms with E-state index in [-0.39, 0.29) is 17.1 Å². The van der Waals surface area contributed by atoms with Gasteiger partial charge in [0.2, 0.25) is 10.0 Å². The first-order valence-electron chi connectivity index (χ1n) is 4.98. The summed E-state index contributed by atoms with van der Waals surface area (Å²) in [5.74, 6) is 0.416. The zero-order valence-corrected chi connectivity index (χ0v) is 10.5. The monoisotopic (exact) mass is 260 g/mol. The second kappa shape index (κ2) is 5.35. The molecule has 6 nitrogen and oxygen atoms in total. The van der Waals surface area contributed by atoms with Gasteiger partial charge in [0.1, 0.15) is 5.75 Å². The highest BCUT2D eigenvalue weighted by Gasteiger charge is 2.15. The fourth-order valence-electron chi connectivity index (χ4n) is 1.19. The van der Waals surface area contributed by atoms with Gasteiger partial charge in [0, 0.05) is 6.54 Å². The fourth-order valence-corrected chi connectivity index (χ4v) is 2.35. The van der Waals surface area contributed by atoms with E-state index in [1.807, 2.05) is 0 Å². The highest BCUT2D eigenvalue weighted by Crippen LogP contribution is 2.24. The Bertz CT molecular complexity index is 485. The smallest absolute Gasteiger partial charge is 0.240 e. The number of hydrogen-bond donors (Lipinski definition) is 3. The van der Waals surface area contributed by atoms with Crippen molar-refractivity contribution in [2.45, 2.75) is 17.9 Å². The molecule has 0 heterocycles. The minimum Gasteiger partial charge on any atom is -0.495 e. The zero-order chi connectivity index (χ0) is 13.1. The maximum atomic E-state index is 11.8. The molecule has 0 aliphatic rings. The quantitative estimate of drug-likeness (QED) is 0.644. The van der Waals surface area contributed by atoms with Crippen LogP contribution in [-0.2, 0) is 10.0 Å². The molecule has 7 heteroatoms. The lowest BCUT2D eigenvalue weighted by Gasteiger charge is -2.10. The highest BCUT2D eigenvalue weighted by atomic mass is 32.2. The normalized spacial score (nSPS) is 13.4. The Morgan fingerprint density at radius 3 is 2.65 bits per heavy atom. The van der Waals surface area contributed by atoms with Gasteiger partial charge in [0.05, 0.1) is 23.8 Å². The van der Waals surface area contributed by atoms with Crippen molar-refractivity contribution >= 4 is 15.7 Å². The number of nitrogens with one attached hydrogen (secondary N) is 1. The number of benzene rings is 1. The molecule has 0 saturated heterocycles. The molecule has 0 radical (unpaired) electrons. The molecule has 17 heavy (non-hydrogen) atoms. The van der Waals surface area contributed by atoms with E-state index in [1.54, 1.807) is 0 Å². The summed E-state index contributed by atoms with van der Waals surface area (Å²) in [5.41, 5.74) is 5.86. The van der Waals surface area contributed by atoms with Gasteiger partial charge in [-0.15, -0.1) is 0 Å². The van der Waals surface area contributed by atoms with Crippen molar-refractivity contribution in [2.24, 2.45) is 0 Å². The number of ether oxygens (including phenoxy) is 1. The summed E-state index contributed by atoms with van der Waals surface area (Å²) in [5, 5.41) is 9.03. The van der Waals surface area contributed by atoms with E-state index in [0.717, 1.165) is 0 Å². The Kier molecular flexibility index (Phi) is 4.33. The molecule has 96 valence electrons. The molecule has 1 atom stereocenters. The molecule has 0 spiro atoms. The molecule has 0 bridgehead atoms. The SMILES string of the molecule is COc1ccc(S(=O)(=O)NC[C@H](C)O)cc1N. The van der Waals surface area contributed by atoms with Gasteiger partial charge in [-0.05, 0) is 25.1 Å². The molecular formula is C10H16N2O4S. The Morgan fingerprint density at radius 2 is 2.18 bits per heavy atom. The largest absolute Gasteiger partial charge is 0.495 e. The van der Waals surface area contributed by atoms with Crippen LogP contribution in [0.3, 0.4) is 0 Å². The zero-order valence-electron chi connectivity index (χ0n) is 9.67. The fraction of sp³-hybridized carbons (Fsp3) is 0.400. The van der Waals surface area contributed by atoms with Crippen molar-refractivity contribution in [1.82, 2.24) is 4.72 Å².